The van der Waals surface area contributed by atoms with Crippen LogP contribution in [0, 0.1) is 11.7 Å². The van der Waals surface area contributed by atoms with Crippen LogP contribution in [0.4, 0.5) is 4.39 Å². The second-order valence-corrected chi connectivity index (χ2v) is 10.1. The highest BCUT2D eigenvalue weighted by atomic mass is 19.1. The van der Waals surface area contributed by atoms with E-state index in [1.165, 1.54) is 12.8 Å². The van der Waals surface area contributed by atoms with E-state index < -0.39 is 0 Å². The molecule has 2 saturated carbocycles. The third kappa shape index (κ3) is 5.60. The predicted octanol–water partition coefficient (Wildman–Crippen LogP) is 7.06. The van der Waals surface area contributed by atoms with Crippen molar-refractivity contribution in [1.29, 1.82) is 0 Å². The number of nitrogens with zero attached hydrogens (tertiary/aromatic N) is 3. The van der Waals surface area contributed by atoms with E-state index in [1.54, 1.807) is 6.07 Å². The summed E-state index contributed by atoms with van der Waals surface area (Å²) < 4.78 is 15.2. The van der Waals surface area contributed by atoms with Gasteiger partial charge in [0.1, 0.15) is 17.3 Å². The van der Waals surface area contributed by atoms with Crippen LogP contribution in [-0.2, 0) is 4.79 Å². The largest absolute Gasteiger partial charge is 0.335 e. The lowest BCUT2D eigenvalue weighted by Gasteiger charge is -2.31. The van der Waals surface area contributed by atoms with E-state index in [0.29, 0.717) is 34.5 Å². The van der Waals surface area contributed by atoms with Crippen molar-refractivity contribution in [2.24, 2.45) is 10.9 Å². The quantitative estimate of drug-likeness (QED) is 0.455. The molecule has 0 bridgehead atoms. The number of halogens is 1. The average Bonchev–Trinajstić information content (AvgIpc) is 3.75. The molecule has 5 heteroatoms. The SMILES string of the molecule is C=C(/C=C1/N=C(C(=O)N2CCCCCC2C)C=C(C2CC2)N1C)c1cccc(C2CC2)c1F.CC. The molecule has 3 fully saturated rings. The molecule has 35 heavy (non-hydrogen) atoms. The van der Waals surface area contributed by atoms with Gasteiger partial charge >= 0.3 is 0 Å². The molecule has 0 spiro atoms. The number of hydrogen-bond acceptors (Lipinski definition) is 3. The maximum absolute atomic E-state index is 15.2. The molecule has 1 amide bonds. The van der Waals surface area contributed by atoms with Crippen molar-refractivity contribution in [3.8, 4) is 0 Å². The molecule has 0 radical (unpaired) electrons. The standard InChI is InChI=1S/C28H34FN3O.C2H6/c1-18(22-9-7-10-23(27(22)29)20-11-12-20)16-26-30-24(17-25(31(26)3)21-13-14-21)28(33)32-15-6-4-5-8-19(32)2;1-2/h7,9-10,16-17,19-21H,1,4-6,8,11-15H2,2-3H3;1-2H3/b26-16-;. The lowest BCUT2D eigenvalue weighted by atomic mass is 10.0. The molecular formula is C30H40FN3O. The summed E-state index contributed by atoms with van der Waals surface area (Å²) in [5.41, 5.74) is 3.52. The van der Waals surface area contributed by atoms with E-state index in [1.807, 2.05) is 55.0 Å². The number of hydrogen-bond donors (Lipinski definition) is 0. The van der Waals surface area contributed by atoms with E-state index in [9.17, 15) is 4.79 Å². The molecule has 0 aromatic heterocycles. The molecule has 1 unspecified atom stereocenters. The van der Waals surface area contributed by atoms with Crippen LogP contribution in [0.25, 0.3) is 5.57 Å². The molecule has 2 heterocycles. The summed E-state index contributed by atoms with van der Waals surface area (Å²) in [6.45, 7) is 11.1. The van der Waals surface area contributed by atoms with Gasteiger partial charge in [-0.05, 0) is 80.6 Å². The van der Waals surface area contributed by atoms with Gasteiger partial charge in [-0.25, -0.2) is 9.38 Å². The van der Waals surface area contributed by atoms with Crippen LogP contribution in [0.3, 0.4) is 0 Å². The first kappa shape index (κ1) is 25.4. The summed E-state index contributed by atoms with van der Waals surface area (Å²) in [5.74, 6) is 1.30. The first-order chi connectivity index (χ1) is 16.9. The van der Waals surface area contributed by atoms with Crippen molar-refractivity contribution >= 4 is 17.2 Å². The number of rotatable bonds is 5. The van der Waals surface area contributed by atoms with Crippen LogP contribution in [0.1, 0.15) is 89.2 Å². The molecule has 2 aliphatic heterocycles. The summed E-state index contributed by atoms with van der Waals surface area (Å²) in [5, 5.41) is 0. The monoisotopic (exact) mass is 477 g/mol. The van der Waals surface area contributed by atoms with Crippen LogP contribution in [-0.4, -0.2) is 41.1 Å². The Hall–Kier alpha value is -2.69. The van der Waals surface area contributed by atoms with Crippen LogP contribution in [0.5, 0.6) is 0 Å². The van der Waals surface area contributed by atoms with Crippen molar-refractivity contribution in [1.82, 2.24) is 9.80 Å². The highest BCUT2D eigenvalue weighted by Crippen LogP contribution is 2.43. The Kier molecular flexibility index (Phi) is 7.93. The molecule has 188 valence electrons. The first-order valence-electron chi connectivity index (χ1n) is 13.5. The topological polar surface area (TPSA) is 35.9 Å². The Labute approximate surface area is 210 Å². The third-order valence-corrected chi connectivity index (χ3v) is 7.47. The van der Waals surface area contributed by atoms with Gasteiger partial charge in [-0.15, -0.1) is 0 Å². The first-order valence-corrected chi connectivity index (χ1v) is 13.5. The summed E-state index contributed by atoms with van der Waals surface area (Å²) in [6, 6.07) is 5.81. The van der Waals surface area contributed by atoms with Gasteiger partial charge < -0.3 is 9.80 Å². The summed E-state index contributed by atoms with van der Waals surface area (Å²) in [7, 11) is 1.99. The van der Waals surface area contributed by atoms with Gasteiger partial charge in [-0.1, -0.05) is 51.5 Å². The number of allylic oxidation sites excluding steroid dienone is 3. The summed E-state index contributed by atoms with van der Waals surface area (Å²) in [4.78, 5) is 22.3. The van der Waals surface area contributed by atoms with Crippen LogP contribution in [0.15, 0.2) is 53.4 Å². The van der Waals surface area contributed by atoms with Crippen molar-refractivity contribution in [2.75, 3.05) is 13.6 Å². The Morgan fingerprint density at radius 3 is 2.49 bits per heavy atom. The smallest absolute Gasteiger partial charge is 0.272 e. The van der Waals surface area contributed by atoms with E-state index in [-0.39, 0.29) is 17.8 Å². The number of likely N-dealkylation sites (tertiary alicyclic amines) is 1. The van der Waals surface area contributed by atoms with Crippen LogP contribution in [0.2, 0.25) is 0 Å². The van der Waals surface area contributed by atoms with Crippen molar-refractivity contribution in [3.05, 3.63) is 65.4 Å². The zero-order chi connectivity index (χ0) is 25.1. The molecular weight excluding hydrogens is 437 g/mol. The van der Waals surface area contributed by atoms with Gasteiger partial charge in [0, 0.05) is 30.9 Å². The maximum atomic E-state index is 15.2. The molecule has 4 nitrogen and oxygen atoms in total. The predicted molar refractivity (Wildman–Crippen MR) is 142 cm³/mol. The van der Waals surface area contributed by atoms with Crippen LogP contribution < -0.4 is 0 Å². The number of carbonyl (C=O) groups is 1. The number of amides is 1. The minimum Gasteiger partial charge on any atom is -0.335 e. The van der Waals surface area contributed by atoms with E-state index in [4.69, 9.17) is 4.99 Å². The summed E-state index contributed by atoms with van der Waals surface area (Å²) in [6.07, 6.45) is 12.6. The molecule has 1 aromatic rings. The zero-order valence-electron chi connectivity index (χ0n) is 21.8. The lowest BCUT2D eigenvalue weighted by Crippen LogP contribution is -2.43. The Bertz CT molecular complexity index is 1060. The van der Waals surface area contributed by atoms with Gasteiger partial charge in [0.25, 0.3) is 5.91 Å². The average molecular weight is 478 g/mol. The summed E-state index contributed by atoms with van der Waals surface area (Å²) >= 11 is 0. The second-order valence-electron chi connectivity index (χ2n) is 10.1. The van der Waals surface area contributed by atoms with Crippen molar-refractivity contribution in [2.45, 2.75) is 84.1 Å². The Balaban J connectivity index is 0.00000141. The van der Waals surface area contributed by atoms with Crippen LogP contribution >= 0.6 is 0 Å². The van der Waals surface area contributed by atoms with Gasteiger partial charge in [0.05, 0.1) is 0 Å². The van der Waals surface area contributed by atoms with E-state index in [2.05, 4.69) is 13.5 Å². The van der Waals surface area contributed by atoms with Gasteiger partial charge in [0.15, 0.2) is 0 Å². The second kappa shape index (κ2) is 10.9. The Morgan fingerprint density at radius 1 is 1.09 bits per heavy atom. The molecule has 4 aliphatic rings. The lowest BCUT2D eigenvalue weighted by molar-refractivity contribution is -0.125. The third-order valence-electron chi connectivity index (χ3n) is 7.47. The minimum atomic E-state index is -0.169. The minimum absolute atomic E-state index is 0.00840. The molecule has 2 aliphatic carbocycles. The van der Waals surface area contributed by atoms with Crippen molar-refractivity contribution in [3.63, 3.8) is 0 Å². The normalized spacial score (nSPS) is 23.7. The number of carbonyl (C=O) groups excluding carboxylic acids is 1. The van der Waals surface area contributed by atoms with Crippen molar-refractivity contribution < 1.29 is 9.18 Å². The van der Waals surface area contributed by atoms with E-state index in [0.717, 1.165) is 56.3 Å². The van der Waals surface area contributed by atoms with E-state index >= 15 is 4.39 Å². The molecule has 1 aromatic carbocycles. The highest BCUT2D eigenvalue weighted by molar-refractivity contribution is 6.43. The maximum Gasteiger partial charge on any atom is 0.272 e. The zero-order valence-corrected chi connectivity index (χ0v) is 21.8. The fourth-order valence-electron chi connectivity index (χ4n) is 5.07. The number of benzene rings is 1. The molecule has 1 saturated heterocycles. The van der Waals surface area contributed by atoms with Gasteiger partial charge in [0.2, 0.25) is 0 Å². The number of aliphatic imine (C=N–C) groups is 1. The fourth-order valence-corrected chi connectivity index (χ4v) is 5.07. The molecule has 1 atom stereocenters. The van der Waals surface area contributed by atoms with Gasteiger partial charge in [-0.3, -0.25) is 4.79 Å². The molecule has 5 rings (SSSR count). The molecule has 0 N–H and O–H groups in total. The fraction of sp³-hybridized carbons (Fsp3) is 0.533. The Morgan fingerprint density at radius 2 is 1.80 bits per heavy atom. The van der Waals surface area contributed by atoms with Gasteiger partial charge in [-0.2, -0.15) is 0 Å². The highest BCUT2D eigenvalue weighted by Gasteiger charge is 2.35.